The summed E-state index contributed by atoms with van der Waals surface area (Å²) in [6.45, 7) is 4.25. The Balaban J connectivity index is 2.10. The lowest BCUT2D eigenvalue weighted by Gasteiger charge is -2.03. The van der Waals surface area contributed by atoms with Crippen molar-refractivity contribution in [1.82, 2.24) is 5.32 Å². The van der Waals surface area contributed by atoms with Crippen LogP contribution in [0.5, 0.6) is 0 Å². The lowest BCUT2D eigenvalue weighted by molar-refractivity contribution is 0.624. The minimum Gasteiger partial charge on any atom is -0.316 e. The number of benzene rings is 1. The smallest absolute Gasteiger partial charge is 0.124 e. The molecule has 0 bridgehead atoms. The highest BCUT2D eigenvalue weighted by Gasteiger charge is 1.95. The fourth-order valence-electron chi connectivity index (χ4n) is 1.22. The molecule has 1 N–H and O–H groups in total. The van der Waals surface area contributed by atoms with Gasteiger partial charge in [0.05, 0.1) is 0 Å². The Labute approximate surface area is 95.5 Å². The Kier molecular flexibility index (Phi) is 6.44. The van der Waals surface area contributed by atoms with Crippen LogP contribution in [0.4, 0.5) is 4.39 Å². The van der Waals surface area contributed by atoms with Gasteiger partial charge in [0.2, 0.25) is 0 Å². The number of hydrogen-bond acceptors (Lipinski definition) is 2. The molecule has 0 amide bonds. The molecule has 1 rings (SSSR count). The Bertz CT molecular complexity index is 278. The van der Waals surface area contributed by atoms with Crippen LogP contribution in [-0.2, 0) is 0 Å². The highest BCUT2D eigenvalue weighted by Crippen LogP contribution is 2.17. The molecule has 0 unspecified atom stereocenters. The van der Waals surface area contributed by atoms with E-state index in [2.05, 4.69) is 12.2 Å². The highest BCUT2D eigenvalue weighted by atomic mass is 32.2. The summed E-state index contributed by atoms with van der Waals surface area (Å²) >= 11 is 1.69. The van der Waals surface area contributed by atoms with Crippen molar-refractivity contribution >= 4 is 11.8 Å². The Hall–Kier alpha value is -0.540. The van der Waals surface area contributed by atoms with E-state index in [1.807, 2.05) is 6.07 Å². The van der Waals surface area contributed by atoms with Crippen LogP contribution in [0.1, 0.15) is 19.8 Å². The van der Waals surface area contributed by atoms with Gasteiger partial charge in [-0.3, -0.25) is 0 Å². The summed E-state index contributed by atoms with van der Waals surface area (Å²) in [4.78, 5) is 1.01. The minimum atomic E-state index is -0.154. The Morgan fingerprint density at radius 1 is 1.33 bits per heavy atom. The normalized spacial score (nSPS) is 10.5. The molecule has 1 aromatic rings. The third-order valence-electron chi connectivity index (χ3n) is 2.05. The number of unbranched alkanes of at least 4 members (excludes halogenated alkanes) is 1. The molecule has 3 heteroatoms. The zero-order valence-corrected chi connectivity index (χ0v) is 9.95. The standard InChI is InChI=1S/C12H18FNS/c1-2-3-7-14-8-9-15-12-6-4-5-11(13)10-12/h4-6,10,14H,2-3,7-9H2,1H3. The Morgan fingerprint density at radius 3 is 2.93 bits per heavy atom. The first-order chi connectivity index (χ1) is 7.33. The van der Waals surface area contributed by atoms with Crippen molar-refractivity contribution in [3.8, 4) is 0 Å². The monoisotopic (exact) mass is 227 g/mol. The first kappa shape index (κ1) is 12.5. The van der Waals surface area contributed by atoms with Gasteiger partial charge >= 0.3 is 0 Å². The molecule has 84 valence electrons. The summed E-state index contributed by atoms with van der Waals surface area (Å²) < 4.78 is 12.8. The number of halogens is 1. The molecule has 0 fully saturated rings. The van der Waals surface area contributed by atoms with E-state index in [4.69, 9.17) is 0 Å². The van der Waals surface area contributed by atoms with Gasteiger partial charge in [-0.15, -0.1) is 11.8 Å². The van der Waals surface area contributed by atoms with Gasteiger partial charge in [0.15, 0.2) is 0 Å². The van der Waals surface area contributed by atoms with Crippen LogP contribution in [0.25, 0.3) is 0 Å². The summed E-state index contributed by atoms with van der Waals surface area (Å²) in [5.74, 6) is 0.839. The Morgan fingerprint density at radius 2 is 2.20 bits per heavy atom. The van der Waals surface area contributed by atoms with Gasteiger partial charge in [-0.1, -0.05) is 19.4 Å². The molecular weight excluding hydrogens is 209 g/mol. The summed E-state index contributed by atoms with van der Waals surface area (Å²) in [5, 5.41) is 3.36. The quantitative estimate of drug-likeness (QED) is 0.566. The molecule has 1 nitrogen and oxygen atoms in total. The highest BCUT2D eigenvalue weighted by molar-refractivity contribution is 7.99. The largest absolute Gasteiger partial charge is 0.316 e. The molecule has 1 aromatic carbocycles. The topological polar surface area (TPSA) is 12.0 Å². The second kappa shape index (κ2) is 7.71. The van der Waals surface area contributed by atoms with Crippen molar-refractivity contribution in [2.45, 2.75) is 24.7 Å². The molecule has 0 saturated heterocycles. The molecule has 15 heavy (non-hydrogen) atoms. The van der Waals surface area contributed by atoms with Crippen LogP contribution in [0.2, 0.25) is 0 Å². The zero-order valence-electron chi connectivity index (χ0n) is 9.13. The number of rotatable bonds is 7. The van der Waals surface area contributed by atoms with E-state index in [1.54, 1.807) is 23.9 Å². The van der Waals surface area contributed by atoms with E-state index in [-0.39, 0.29) is 5.82 Å². The molecule has 0 aromatic heterocycles. The minimum absolute atomic E-state index is 0.154. The van der Waals surface area contributed by atoms with E-state index >= 15 is 0 Å². The molecule has 0 spiro atoms. The molecule has 0 atom stereocenters. The predicted molar refractivity (Wildman–Crippen MR) is 64.9 cm³/mol. The third-order valence-corrected chi connectivity index (χ3v) is 3.05. The average molecular weight is 227 g/mol. The summed E-state index contributed by atoms with van der Waals surface area (Å²) in [7, 11) is 0. The maximum Gasteiger partial charge on any atom is 0.124 e. The van der Waals surface area contributed by atoms with Crippen molar-refractivity contribution in [2.24, 2.45) is 0 Å². The van der Waals surface area contributed by atoms with Crippen molar-refractivity contribution in [2.75, 3.05) is 18.8 Å². The van der Waals surface area contributed by atoms with Crippen molar-refractivity contribution < 1.29 is 4.39 Å². The van der Waals surface area contributed by atoms with Crippen molar-refractivity contribution in [3.63, 3.8) is 0 Å². The first-order valence-electron chi connectivity index (χ1n) is 5.42. The van der Waals surface area contributed by atoms with E-state index in [0.29, 0.717) is 0 Å². The van der Waals surface area contributed by atoms with Gasteiger partial charge in [0.25, 0.3) is 0 Å². The van der Waals surface area contributed by atoms with Crippen molar-refractivity contribution in [3.05, 3.63) is 30.1 Å². The second-order valence-corrected chi connectivity index (χ2v) is 4.58. The molecule has 0 aliphatic carbocycles. The molecule has 0 radical (unpaired) electrons. The van der Waals surface area contributed by atoms with Gasteiger partial charge < -0.3 is 5.32 Å². The van der Waals surface area contributed by atoms with Crippen LogP contribution in [0, 0.1) is 5.82 Å². The maximum atomic E-state index is 12.8. The van der Waals surface area contributed by atoms with E-state index in [9.17, 15) is 4.39 Å². The van der Waals surface area contributed by atoms with Gasteiger partial charge in [0.1, 0.15) is 5.82 Å². The average Bonchev–Trinajstić information content (AvgIpc) is 2.23. The number of nitrogens with one attached hydrogen (secondary N) is 1. The van der Waals surface area contributed by atoms with Gasteiger partial charge in [0, 0.05) is 17.2 Å². The fraction of sp³-hybridized carbons (Fsp3) is 0.500. The SMILES string of the molecule is CCCCNCCSc1cccc(F)c1. The van der Waals surface area contributed by atoms with Crippen LogP contribution in [0.15, 0.2) is 29.2 Å². The second-order valence-electron chi connectivity index (χ2n) is 3.41. The predicted octanol–water partition coefficient (Wildman–Crippen LogP) is 3.31. The number of thioether (sulfide) groups is 1. The van der Waals surface area contributed by atoms with Gasteiger partial charge in [-0.05, 0) is 31.2 Å². The first-order valence-corrected chi connectivity index (χ1v) is 6.40. The molecule has 0 aliphatic rings. The maximum absolute atomic E-state index is 12.8. The fourth-order valence-corrected chi connectivity index (χ4v) is 2.08. The van der Waals surface area contributed by atoms with E-state index < -0.39 is 0 Å². The van der Waals surface area contributed by atoms with Crippen LogP contribution in [0.3, 0.4) is 0 Å². The summed E-state index contributed by atoms with van der Waals surface area (Å²) in [6.07, 6.45) is 2.45. The molecular formula is C12H18FNS. The summed E-state index contributed by atoms with van der Waals surface area (Å²) in [5.41, 5.74) is 0. The van der Waals surface area contributed by atoms with Crippen LogP contribution in [-0.4, -0.2) is 18.8 Å². The van der Waals surface area contributed by atoms with E-state index in [1.165, 1.54) is 18.9 Å². The summed E-state index contributed by atoms with van der Waals surface area (Å²) in [6, 6.07) is 6.75. The molecule has 0 aliphatic heterocycles. The van der Waals surface area contributed by atoms with Crippen LogP contribution >= 0.6 is 11.8 Å². The van der Waals surface area contributed by atoms with E-state index in [0.717, 1.165) is 23.7 Å². The van der Waals surface area contributed by atoms with Crippen LogP contribution < -0.4 is 5.32 Å². The molecule has 0 saturated carbocycles. The lowest BCUT2D eigenvalue weighted by atomic mass is 10.3. The van der Waals surface area contributed by atoms with Gasteiger partial charge in [-0.25, -0.2) is 4.39 Å². The molecule has 0 heterocycles. The zero-order chi connectivity index (χ0) is 10.9. The lowest BCUT2D eigenvalue weighted by Crippen LogP contribution is -2.18. The van der Waals surface area contributed by atoms with Gasteiger partial charge in [-0.2, -0.15) is 0 Å². The van der Waals surface area contributed by atoms with Crippen molar-refractivity contribution in [1.29, 1.82) is 0 Å². The third kappa shape index (κ3) is 5.80. The number of hydrogen-bond donors (Lipinski definition) is 1.